The highest BCUT2D eigenvalue weighted by Gasteiger charge is 2.21. The summed E-state index contributed by atoms with van der Waals surface area (Å²) in [4.78, 5) is 24.3. The first kappa shape index (κ1) is 13.9. The summed E-state index contributed by atoms with van der Waals surface area (Å²) < 4.78 is 5.38. The summed E-state index contributed by atoms with van der Waals surface area (Å²) in [6, 6.07) is 2.76. The van der Waals surface area contributed by atoms with Gasteiger partial charge in [-0.2, -0.15) is 9.47 Å². The minimum atomic E-state index is -0.647. The van der Waals surface area contributed by atoms with Crippen LogP contribution in [-0.4, -0.2) is 20.1 Å². The molecule has 0 saturated heterocycles. The summed E-state index contributed by atoms with van der Waals surface area (Å²) in [5.74, 6) is -0.258. The Morgan fingerprint density at radius 2 is 2.24 bits per heavy atom. The van der Waals surface area contributed by atoms with Crippen LogP contribution in [0.3, 0.4) is 0 Å². The minimum absolute atomic E-state index is 0.223. The fourth-order valence-corrected chi connectivity index (χ4v) is 3.12. The fourth-order valence-electron chi connectivity index (χ4n) is 2.45. The van der Waals surface area contributed by atoms with Gasteiger partial charge in [0.05, 0.1) is 11.4 Å². The van der Waals surface area contributed by atoms with E-state index in [0.717, 1.165) is 36.2 Å². The molecule has 1 aliphatic rings. The highest BCUT2D eigenvalue weighted by molar-refractivity contribution is 7.10. The lowest BCUT2D eigenvalue weighted by Gasteiger charge is -2.14. The van der Waals surface area contributed by atoms with Gasteiger partial charge in [0.2, 0.25) is 5.91 Å². The summed E-state index contributed by atoms with van der Waals surface area (Å²) in [6.07, 6.45) is 2.80. The van der Waals surface area contributed by atoms with E-state index in [0.29, 0.717) is 5.00 Å². The third-order valence-electron chi connectivity index (χ3n) is 3.60. The van der Waals surface area contributed by atoms with Gasteiger partial charge in [-0.3, -0.25) is 9.59 Å². The Morgan fingerprint density at radius 3 is 2.95 bits per heavy atom. The molecule has 21 heavy (non-hydrogen) atoms. The molecule has 0 radical (unpaired) electrons. The summed E-state index contributed by atoms with van der Waals surface area (Å²) >= 11 is 1.23. The lowest BCUT2D eigenvalue weighted by Crippen LogP contribution is -2.33. The van der Waals surface area contributed by atoms with Crippen molar-refractivity contribution in [3.05, 3.63) is 39.4 Å². The zero-order valence-corrected chi connectivity index (χ0v) is 12.7. The largest absolute Gasteiger partial charge is 0.315 e. The molecular weight excluding hydrogens is 288 g/mol. The molecule has 110 valence electrons. The van der Waals surface area contributed by atoms with E-state index < -0.39 is 6.04 Å². The van der Waals surface area contributed by atoms with E-state index in [1.54, 1.807) is 19.1 Å². The average molecular weight is 304 g/mol. The molecule has 6 nitrogen and oxygen atoms in total. The van der Waals surface area contributed by atoms with E-state index in [1.807, 2.05) is 6.92 Å². The summed E-state index contributed by atoms with van der Waals surface area (Å²) in [5, 5.41) is 7.80. The Hall–Kier alpha value is -2.02. The number of amides is 1. The Morgan fingerprint density at radius 1 is 1.43 bits per heavy atom. The number of carbonyl (C=O) groups is 1. The fraction of sp³-hybridized carbons (Fsp3) is 0.429. The first-order valence-corrected chi connectivity index (χ1v) is 7.68. The summed E-state index contributed by atoms with van der Waals surface area (Å²) in [5.41, 5.74) is 2.58. The molecule has 1 aliphatic carbocycles. The number of nitrogens with one attached hydrogen (secondary N) is 1. The third kappa shape index (κ3) is 2.73. The molecule has 1 atom stereocenters. The number of aromatic nitrogens is 3. The molecule has 2 aromatic heterocycles. The number of hydrogen-bond acceptors (Lipinski definition) is 5. The lowest BCUT2D eigenvalue weighted by molar-refractivity contribution is -0.119. The van der Waals surface area contributed by atoms with Crippen molar-refractivity contribution in [3.8, 4) is 0 Å². The van der Waals surface area contributed by atoms with Crippen molar-refractivity contribution in [1.29, 1.82) is 0 Å². The van der Waals surface area contributed by atoms with E-state index >= 15 is 0 Å². The van der Waals surface area contributed by atoms with Crippen LogP contribution in [-0.2, 0) is 17.6 Å². The van der Waals surface area contributed by atoms with Crippen LogP contribution in [0, 0.1) is 6.92 Å². The summed E-state index contributed by atoms with van der Waals surface area (Å²) in [6.45, 7) is 3.54. The number of nitrogens with zero attached hydrogens (tertiary/aromatic N) is 3. The maximum Gasteiger partial charge on any atom is 0.267 e. The van der Waals surface area contributed by atoms with Gasteiger partial charge in [0, 0.05) is 6.07 Å². The van der Waals surface area contributed by atoms with Crippen LogP contribution >= 0.6 is 11.5 Å². The Bertz CT molecular complexity index is 750. The first-order valence-electron chi connectivity index (χ1n) is 6.90. The smallest absolute Gasteiger partial charge is 0.267 e. The highest BCUT2D eigenvalue weighted by Crippen LogP contribution is 2.19. The zero-order chi connectivity index (χ0) is 15.0. The van der Waals surface area contributed by atoms with Gasteiger partial charge in [-0.05, 0) is 56.3 Å². The van der Waals surface area contributed by atoms with Crippen molar-refractivity contribution in [1.82, 2.24) is 14.2 Å². The first-order chi connectivity index (χ1) is 10.0. The van der Waals surface area contributed by atoms with Crippen LogP contribution in [0.5, 0.6) is 0 Å². The van der Waals surface area contributed by atoms with Crippen LogP contribution in [0.1, 0.15) is 36.3 Å². The monoisotopic (exact) mass is 304 g/mol. The zero-order valence-electron chi connectivity index (χ0n) is 11.9. The van der Waals surface area contributed by atoms with Gasteiger partial charge < -0.3 is 5.32 Å². The number of hydrogen-bond donors (Lipinski definition) is 1. The number of fused-ring (bicyclic) bond motifs is 1. The standard InChI is InChI=1S/C14H16N4O2S/c1-8-6-12(21-17-8)15-14(20)9(2)18-13(19)7-10-4-3-5-11(10)16-18/h6-7,9H,3-5H2,1-2H3,(H,15,20). The van der Waals surface area contributed by atoms with Crippen molar-refractivity contribution < 1.29 is 4.79 Å². The number of rotatable bonds is 3. The molecule has 2 aromatic rings. The predicted octanol–water partition coefficient (Wildman–Crippen LogP) is 1.70. The Labute approximate surface area is 126 Å². The molecule has 0 saturated carbocycles. The van der Waals surface area contributed by atoms with Crippen molar-refractivity contribution >= 4 is 22.4 Å². The van der Waals surface area contributed by atoms with Crippen LogP contribution in [0.4, 0.5) is 5.00 Å². The van der Waals surface area contributed by atoms with Gasteiger partial charge in [-0.15, -0.1) is 0 Å². The molecular formula is C14H16N4O2S. The van der Waals surface area contributed by atoms with Gasteiger partial charge in [0.15, 0.2) is 0 Å². The van der Waals surface area contributed by atoms with Crippen molar-refractivity contribution in [3.63, 3.8) is 0 Å². The molecule has 2 heterocycles. The van der Waals surface area contributed by atoms with Crippen LogP contribution in [0.15, 0.2) is 16.9 Å². The number of anilines is 1. The number of carbonyl (C=O) groups excluding carboxylic acids is 1. The molecule has 3 rings (SSSR count). The van der Waals surface area contributed by atoms with Crippen molar-refractivity contribution in [2.75, 3.05) is 5.32 Å². The Kier molecular flexibility index (Phi) is 3.59. The van der Waals surface area contributed by atoms with Gasteiger partial charge in [0.25, 0.3) is 5.56 Å². The lowest BCUT2D eigenvalue weighted by atomic mass is 10.2. The molecule has 1 unspecified atom stereocenters. The maximum atomic E-state index is 12.2. The topological polar surface area (TPSA) is 76.9 Å². The second kappa shape index (κ2) is 5.40. The molecule has 0 aliphatic heterocycles. The molecule has 1 amide bonds. The van der Waals surface area contributed by atoms with Gasteiger partial charge in [0.1, 0.15) is 11.0 Å². The molecule has 0 fully saturated rings. The second-order valence-corrected chi connectivity index (χ2v) is 6.06. The average Bonchev–Trinajstić information content (AvgIpc) is 3.05. The molecule has 0 spiro atoms. The van der Waals surface area contributed by atoms with E-state index in [2.05, 4.69) is 14.8 Å². The predicted molar refractivity (Wildman–Crippen MR) is 80.7 cm³/mol. The second-order valence-electron chi connectivity index (χ2n) is 5.25. The van der Waals surface area contributed by atoms with E-state index in [-0.39, 0.29) is 11.5 Å². The van der Waals surface area contributed by atoms with Gasteiger partial charge in [-0.1, -0.05) is 0 Å². The molecule has 0 bridgehead atoms. The van der Waals surface area contributed by atoms with E-state index in [1.165, 1.54) is 16.2 Å². The SMILES string of the molecule is Cc1cc(NC(=O)C(C)n2nc3c(cc2=O)CCC3)sn1. The van der Waals surface area contributed by atoms with Crippen LogP contribution in [0.2, 0.25) is 0 Å². The van der Waals surface area contributed by atoms with Crippen molar-refractivity contribution in [2.45, 2.75) is 39.2 Å². The molecule has 1 N–H and O–H groups in total. The summed E-state index contributed by atoms with van der Waals surface area (Å²) in [7, 11) is 0. The minimum Gasteiger partial charge on any atom is -0.315 e. The number of aryl methyl sites for hydroxylation is 3. The highest BCUT2D eigenvalue weighted by atomic mass is 32.1. The van der Waals surface area contributed by atoms with E-state index in [4.69, 9.17) is 0 Å². The quantitative estimate of drug-likeness (QED) is 0.936. The molecule has 7 heteroatoms. The Balaban J connectivity index is 1.83. The van der Waals surface area contributed by atoms with Gasteiger partial charge in [-0.25, -0.2) is 4.68 Å². The van der Waals surface area contributed by atoms with Gasteiger partial charge >= 0.3 is 0 Å². The maximum absolute atomic E-state index is 12.2. The van der Waals surface area contributed by atoms with Crippen LogP contribution < -0.4 is 10.9 Å². The molecule has 0 aromatic carbocycles. The third-order valence-corrected chi connectivity index (χ3v) is 4.40. The normalized spacial score (nSPS) is 14.8. The van der Waals surface area contributed by atoms with Crippen LogP contribution in [0.25, 0.3) is 0 Å². The van der Waals surface area contributed by atoms with E-state index in [9.17, 15) is 9.59 Å². The van der Waals surface area contributed by atoms with Crippen molar-refractivity contribution in [2.24, 2.45) is 0 Å².